The Labute approximate surface area is 177 Å². The van der Waals surface area contributed by atoms with Crippen molar-refractivity contribution in [3.8, 4) is 0 Å². The van der Waals surface area contributed by atoms with Crippen LogP contribution in [0.4, 0.5) is 8.78 Å². The smallest absolute Gasteiger partial charge is 0.129 e. The molecule has 1 saturated heterocycles. The zero-order chi connectivity index (χ0) is 21.6. The van der Waals surface area contributed by atoms with Crippen molar-refractivity contribution >= 4 is 11.6 Å². The summed E-state index contributed by atoms with van der Waals surface area (Å²) in [6.45, 7) is -0.550. The molecule has 0 radical (unpaired) electrons. The van der Waals surface area contributed by atoms with E-state index in [1.807, 2.05) is 0 Å². The van der Waals surface area contributed by atoms with Gasteiger partial charge in [0.05, 0.1) is 6.61 Å². The summed E-state index contributed by atoms with van der Waals surface area (Å²) in [6, 6.07) is 7.35. The van der Waals surface area contributed by atoms with E-state index in [0.29, 0.717) is 16.7 Å². The topological polar surface area (TPSA) is 90.2 Å². The van der Waals surface area contributed by atoms with Crippen molar-refractivity contribution in [2.24, 2.45) is 0 Å². The van der Waals surface area contributed by atoms with Crippen LogP contribution in [0.1, 0.15) is 47.1 Å². The van der Waals surface area contributed by atoms with Crippen LogP contribution in [0.25, 0.3) is 0 Å². The van der Waals surface area contributed by atoms with Crippen molar-refractivity contribution in [1.29, 1.82) is 0 Å². The lowest BCUT2D eigenvalue weighted by atomic mass is 9.90. The van der Waals surface area contributed by atoms with Crippen LogP contribution in [0.2, 0.25) is 5.02 Å². The molecule has 0 aromatic heterocycles. The van der Waals surface area contributed by atoms with Crippen LogP contribution in [-0.2, 0) is 11.2 Å². The molecule has 8 heteroatoms. The molecular formula is C22H23ClF2O5. The van der Waals surface area contributed by atoms with Gasteiger partial charge in [-0.25, -0.2) is 8.78 Å². The van der Waals surface area contributed by atoms with E-state index in [1.54, 1.807) is 12.1 Å². The molecule has 1 aliphatic carbocycles. The van der Waals surface area contributed by atoms with Crippen molar-refractivity contribution in [2.45, 2.75) is 55.7 Å². The monoisotopic (exact) mass is 440 g/mol. The quantitative estimate of drug-likeness (QED) is 0.574. The molecule has 1 aliphatic heterocycles. The summed E-state index contributed by atoms with van der Waals surface area (Å²) in [6.07, 6.45) is -4.79. The van der Waals surface area contributed by atoms with Crippen LogP contribution in [0.3, 0.4) is 0 Å². The zero-order valence-electron chi connectivity index (χ0n) is 16.0. The molecule has 1 heterocycles. The van der Waals surface area contributed by atoms with Crippen LogP contribution >= 0.6 is 11.6 Å². The van der Waals surface area contributed by atoms with E-state index >= 15 is 0 Å². The molecule has 0 bridgehead atoms. The lowest BCUT2D eigenvalue weighted by Gasteiger charge is -2.40. The minimum absolute atomic E-state index is 0.104. The minimum Gasteiger partial charge on any atom is -0.394 e. The van der Waals surface area contributed by atoms with Crippen molar-refractivity contribution in [1.82, 2.24) is 0 Å². The first kappa shape index (κ1) is 21.6. The second kappa shape index (κ2) is 8.49. The van der Waals surface area contributed by atoms with E-state index in [1.165, 1.54) is 18.2 Å². The van der Waals surface area contributed by atoms with Gasteiger partial charge in [0.2, 0.25) is 0 Å². The van der Waals surface area contributed by atoms with Gasteiger partial charge < -0.3 is 25.2 Å². The first-order chi connectivity index (χ1) is 14.3. The predicted octanol–water partition coefficient (Wildman–Crippen LogP) is 2.60. The van der Waals surface area contributed by atoms with Gasteiger partial charge in [0.15, 0.2) is 0 Å². The molecule has 1 saturated carbocycles. The van der Waals surface area contributed by atoms with Gasteiger partial charge in [-0.15, -0.1) is 0 Å². The third-order valence-corrected chi connectivity index (χ3v) is 6.24. The maximum absolute atomic E-state index is 14.6. The second-order valence-corrected chi connectivity index (χ2v) is 8.42. The molecule has 0 unspecified atom stereocenters. The summed E-state index contributed by atoms with van der Waals surface area (Å²) in [5.41, 5.74) is 1.38. The highest BCUT2D eigenvalue weighted by Gasteiger charge is 2.44. The minimum atomic E-state index is -1.52. The summed E-state index contributed by atoms with van der Waals surface area (Å²) < 4.78 is 34.7. The van der Waals surface area contributed by atoms with Crippen molar-refractivity contribution < 1.29 is 33.9 Å². The number of hydrogen-bond acceptors (Lipinski definition) is 5. The van der Waals surface area contributed by atoms with Crippen molar-refractivity contribution in [3.05, 3.63) is 69.2 Å². The average Bonchev–Trinajstić information content (AvgIpc) is 3.56. The Kier molecular flexibility index (Phi) is 6.12. The fourth-order valence-corrected chi connectivity index (χ4v) is 4.10. The molecule has 30 heavy (non-hydrogen) atoms. The van der Waals surface area contributed by atoms with Crippen molar-refractivity contribution in [3.63, 3.8) is 0 Å². The van der Waals surface area contributed by atoms with E-state index in [0.717, 1.165) is 12.8 Å². The fraction of sp³-hybridized carbons (Fsp3) is 0.455. The molecule has 2 aliphatic rings. The average molecular weight is 441 g/mol. The molecular weight excluding hydrogens is 418 g/mol. The van der Waals surface area contributed by atoms with Crippen LogP contribution in [-0.4, -0.2) is 51.4 Å². The van der Waals surface area contributed by atoms with Gasteiger partial charge >= 0.3 is 0 Å². The van der Waals surface area contributed by atoms with E-state index in [2.05, 4.69) is 0 Å². The number of halogens is 3. The SMILES string of the molecule is OC[C@H]1O[C@@H](c2ccc(Cl)c(Cc3c(F)cc(C4CC4)cc3F)c2)[C@H](O)[C@@H](O)[C@@H]1O. The molecule has 2 fully saturated rings. The summed E-state index contributed by atoms with van der Waals surface area (Å²) in [7, 11) is 0. The highest BCUT2D eigenvalue weighted by molar-refractivity contribution is 6.31. The molecule has 162 valence electrons. The molecule has 2 aromatic carbocycles. The molecule has 4 rings (SSSR count). The summed E-state index contributed by atoms with van der Waals surface area (Å²) >= 11 is 6.25. The van der Waals surface area contributed by atoms with E-state index < -0.39 is 48.8 Å². The maximum Gasteiger partial charge on any atom is 0.129 e. The molecule has 0 amide bonds. The molecule has 5 nitrogen and oxygen atoms in total. The highest BCUT2D eigenvalue weighted by atomic mass is 35.5. The van der Waals surface area contributed by atoms with Crippen molar-refractivity contribution in [2.75, 3.05) is 6.61 Å². The Morgan fingerprint density at radius 3 is 2.20 bits per heavy atom. The van der Waals surface area contributed by atoms with Gasteiger partial charge in [-0.2, -0.15) is 0 Å². The zero-order valence-corrected chi connectivity index (χ0v) is 16.8. The van der Waals surface area contributed by atoms with E-state index in [9.17, 15) is 29.2 Å². The molecule has 4 N–H and O–H groups in total. The summed E-state index contributed by atoms with van der Waals surface area (Å²) in [5.74, 6) is -1.04. The first-order valence-electron chi connectivity index (χ1n) is 9.86. The Morgan fingerprint density at radius 1 is 0.933 bits per heavy atom. The lowest BCUT2D eigenvalue weighted by molar-refractivity contribution is -0.231. The molecule has 2 aromatic rings. The molecule has 5 atom stereocenters. The van der Waals surface area contributed by atoms with E-state index in [4.69, 9.17) is 16.3 Å². The van der Waals surface area contributed by atoms with Gasteiger partial charge in [0, 0.05) is 17.0 Å². The van der Waals surface area contributed by atoms with Crippen LogP contribution in [0.15, 0.2) is 30.3 Å². The summed E-state index contributed by atoms with van der Waals surface area (Å²) in [5, 5.41) is 39.9. The standard InChI is InChI=1S/C22H23ClF2O5/c23-15-4-3-11(22-21(29)20(28)19(27)18(9-26)30-22)5-13(15)6-14-16(24)7-12(8-17(14)25)10-1-2-10/h3-5,7-8,10,18-22,26-29H,1-2,6,9H2/t18-,19-,20+,21-,22+/m1/s1. The Bertz CT molecular complexity index is 911. The third-order valence-electron chi connectivity index (χ3n) is 5.87. The van der Waals surface area contributed by atoms with Gasteiger partial charge in [-0.3, -0.25) is 0 Å². The number of hydrogen-bond donors (Lipinski definition) is 4. The van der Waals surface area contributed by atoms with Gasteiger partial charge in [-0.1, -0.05) is 23.7 Å². The van der Waals surface area contributed by atoms with Gasteiger partial charge in [-0.05, 0) is 53.6 Å². The fourth-order valence-electron chi connectivity index (χ4n) is 3.92. The first-order valence-corrected chi connectivity index (χ1v) is 10.2. The maximum atomic E-state index is 14.6. The second-order valence-electron chi connectivity index (χ2n) is 8.01. The Morgan fingerprint density at radius 2 is 1.60 bits per heavy atom. The number of ether oxygens (including phenoxy) is 1. The molecule has 0 spiro atoms. The van der Waals surface area contributed by atoms with Crippen LogP contribution in [0, 0.1) is 11.6 Å². The number of aliphatic hydroxyl groups is 4. The third kappa shape index (κ3) is 4.10. The lowest BCUT2D eigenvalue weighted by Crippen LogP contribution is -2.55. The predicted molar refractivity (Wildman–Crippen MR) is 105 cm³/mol. The Balaban J connectivity index is 1.63. The van der Waals surface area contributed by atoms with Crippen LogP contribution in [0.5, 0.6) is 0 Å². The summed E-state index contributed by atoms with van der Waals surface area (Å²) in [4.78, 5) is 0. The number of benzene rings is 2. The van der Waals surface area contributed by atoms with Crippen LogP contribution < -0.4 is 0 Å². The van der Waals surface area contributed by atoms with E-state index in [-0.39, 0.29) is 22.9 Å². The number of rotatable bonds is 5. The van der Waals surface area contributed by atoms with Gasteiger partial charge in [0.1, 0.15) is 42.2 Å². The normalized spacial score (nSPS) is 29.2. The Hall–Kier alpha value is -1.61. The number of aliphatic hydroxyl groups excluding tert-OH is 4. The van der Waals surface area contributed by atoms with Gasteiger partial charge in [0.25, 0.3) is 0 Å². The highest BCUT2D eigenvalue weighted by Crippen LogP contribution is 2.41. The largest absolute Gasteiger partial charge is 0.394 e.